The number of rotatable bonds is 1. The van der Waals surface area contributed by atoms with Crippen LogP contribution in [0.25, 0.3) is 17.2 Å². The van der Waals surface area contributed by atoms with Crippen molar-refractivity contribution in [3.05, 3.63) is 47.3 Å². The molecule has 2 aromatic heterocycles. The van der Waals surface area contributed by atoms with Crippen LogP contribution in [0.5, 0.6) is 0 Å². The van der Waals surface area contributed by atoms with Crippen LogP contribution in [0.1, 0.15) is 30.2 Å². The Labute approximate surface area is 123 Å². The molecule has 4 heteroatoms. The molecule has 0 saturated heterocycles. The fourth-order valence-corrected chi connectivity index (χ4v) is 3.04. The Morgan fingerprint density at radius 3 is 2.81 bits per heavy atom. The van der Waals surface area contributed by atoms with Gasteiger partial charge >= 0.3 is 0 Å². The van der Waals surface area contributed by atoms with Gasteiger partial charge in [-0.3, -0.25) is 0 Å². The smallest absolute Gasteiger partial charge is 0.219 e. The number of hydrogen-bond acceptors (Lipinski definition) is 3. The summed E-state index contributed by atoms with van der Waals surface area (Å²) in [5.41, 5.74) is 4.89. The number of aromatic nitrogens is 4. The molecule has 0 aliphatic heterocycles. The van der Waals surface area contributed by atoms with Gasteiger partial charge in [-0.25, -0.2) is 9.50 Å². The van der Waals surface area contributed by atoms with Crippen LogP contribution in [0.15, 0.2) is 30.5 Å². The van der Waals surface area contributed by atoms with E-state index in [2.05, 4.69) is 48.1 Å². The van der Waals surface area contributed by atoms with Gasteiger partial charge < -0.3 is 0 Å². The average Bonchev–Trinajstić information content (AvgIpc) is 2.92. The molecule has 0 spiro atoms. The van der Waals surface area contributed by atoms with E-state index in [4.69, 9.17) is 5.10 Å². The molecule has 4 rings (SSSR count). The van der Waals surface area contributed by atoms with E-state index in [0.717, 1.165) is 30.1 Å². The highest BCUT2D eigenvalue weighted by Gasteiger charge is 2.20. The molecule has 4 nitrogen and oxygen atoms in total. The Balaban J connectivity index is 1.85. The largest absolute Gasteiger partial charge is 0.252 e. The number of nitrogens with zero attached hydrogens (tertiary/aromatic N) is 4. The summed E-state index contributed by atoms with van der Waals surface area (Å²) in [6.07, 6.45) is 5.35. The van der Waals surface area contributed by atoms with Crippen LogP contribution in [0.4, 0.5) is 0 Å². The minimum atomic E-state index is 0.707. The molecule has 21 heavy (non-hydrogen) atoms. The molecule has 0 amide bonds. The van der Waals surface area contributed by atoms with Gasteiger partial charge in [0.05, 0.1) is 5.69 Å². The van der Waals surface area contributed by atoms with Gasteiger partial charge in [-0.05, 0) is 37.7 Å². The molecule has 106 valence electrons. The lowest BCUT2D eigenvalue weighted by Crippen LogP contribution is -2.16. The highest BCUT2D eigenvalue weighted by Crippen LogP contribution is 2.25. The first-order valence-corrected chi connectivity index (χ1v) is 7.51. The first-order chi connectivity index (χ1) is 10.2. The van der Waals surface area contributed by atoms with Crippen molar-refractivity contribution in [3.8, 4) is 11.4 Å². The summed E-state index contributed by atoms with van der Waals surface area (Å²) in [5, 5.41) is 4.69. The van der Waals surface area contributed by atoms with Crippen molar-refractivity contribution >= 4 is 5.78 Å². The zero-order valence-electron chi connectivity index (χ0n) is 12.4. The Kier molecular flexibility index (Phi) is 2.77. The molecule has 0 saturated carbocycles. The van der Waals surface area contributed by atoms with E-state index >= 15 is 0 Å². The van der Waals surface area contributed by atoms with Gasteiger partial charge in [0.15, 0.2) is 5.82 Å². The second-order valence-electron chi connectivity index (χ2n) is 6.09. The van der Waals surface area contributed by atoms with Crippen molar-refractivity contribution < 1.29 is 0 Å². The maximum absolute atomic E-state index is 4.69. The zero-order chi connectivity index (χ0) is 14.4. The zero-order valence-corrected chi connectivity index (χ0v) is 12.4. The SMILES string of the molecule is Cc1ccc(-c2nc3ncc4c(n3n2)CCC(C)C4)cc1. The van der Waals surface area contributed by atoms with Crippen molar-refractivity contribution in [2.24, 2.45) is 5.92 Å². The molecule has 1 atom stereocenters. The first-order valence-electron chi connectivity index (χ1n) is 7.51. The molecule has 3 aromatic rings. The quantitative estimate of drug-likeness (QED) is 0.686. The molecule has 1 aliphatic carbocycles. The second kappa shape index (κ2) is 4.65. The lowest BCUT2D eigenvalue weighted by Gasteiger charge is -2.20. The summed E-state index contributed by atoms with van der Waals surface area (Å²) < 4.78 is 1.94. The number of fused-ring (bicyclic) bond motifs is 3. The molecule has 1 unspecified atom stereocenters. The summed E-state index contributed by atoms with van der Waals surface area (Å²) in [4.78, 5) is 9.06. The van der Waals surface area contributed by atoms with Gasteiger partial charge in [0.25, 0.3) is 5.78 Å². The van der Waals surface area contributed by atoms with Gasteiger partial charge in [0.2, 0.25) is 0 Å². The molecular weight excluding hydrogens is 260 g/mol. The summed E-state index contributed by atoms with van der Waals surface area (Å²) in [5.74, 6) is 2.20. The molecule has 1 aliphatic rings. The van der Waals surface area contributed by atoms with Crippen molar-refractivity contribution in [1.82, 2.24) is 19.6 Å². The second-order valence-corrected chi connectivity index (χ2v) is 6.09. The van der Waals surface area contributed by atoms with Crippen molar-refractivity contribution in [2.45, 2.75) is 33.1 Å². The van der Waals surface area contributed by atoms with Gasteiger partial charge in [-0.15, -0.1) is 5.10 Å². The molecule has 0 bridgehead atoms. The molecule has 0 radical (unpaired) electrons. The number of benzene rings is 1. The van der Waals surface area contributed by atoms with Crippen LogP contribution < -0.4 is 0 Å². The summed E-state index contributed by atoms with van der Waals surface area (Å²) in [7, 11) is 0. The third-order valence-corrected chi connectivity index (χ3v) is 4.30. The Morgan fingerprint density at radius 2 is 2.00 bits per heavy atom. The molecule has 0 fully saturated rings. The van der Waals surface area contributed by atoms with Crippen molar-refractivity contribution in [1.29, 1.82) is 0 Å². The van der Waals surface area contributed by atoms with Crippen molar-refractivity contribution in [2.75, 3.05) is 0 Å². The van der Waals surface area contributed by atoms with Crippen molar-refractivity contribution in [3.63, 3.8) is 0 Å². The van der Waals surface area contributed by atoms with E-state index in [0.29, 0.717) is 5.78 Å². The Bertz CT molecular complexity index is 802. The van der Waals surface area contributed by atoms with Crippen LogP contribution in [-0.4, -0.2) is 19.6 Å². The van der Waals surface area contributed by atoms with Crippen LogP contribution in [-0.2, 0) is 12.8 Å². The van der Waals surface area contributed by atoms with Gasteiger partial charge in [-0.1, -0.05) is 36.8 Å². The van der Waals surface area contributed by atoms with E-state index in [-0.39, 0.29) is 0 Å². The molecule has 2 heterocycles. The van der Waals surface area contributed by atoms with Crippen LogP contribution in [0, 0.1) is 12.8 Å². The van der Waals surface area contributed by atoms with E-state index in [1.165, 1.54) is 23.2 Å². The fourth-order valence-electron chi connectivity index (χ4n) is 3.04. The van der Waals surface area contributed by atoms with Gasteiger partial charge in [0, 0.05) is 11.8 Å². The lowest BCUT2D eigenvalue weighted by molar-refractivity contribution is 0.485. The fraction of sp³-hybridized carbons (Fsp3) is 0.353. The highest BCUT2D eigenvalue weighted by molar-refractivity contribution is 5.57. The molecule has 0 N–H and O–H groups in total. The summed E-state index contributed by atoms with van der Waals surface area (Å²) >= 11 is 0. The Hall–Kier alpha value is -2.23. The number of aryl methyl sites for hydroxylation is 2. The van der Waals surface area contributed by atoms with E-state index in [1.54, 1.807) is 0 Å². The standard InChI is InChI=1S/C17H18N4/c1-11-3-6-13(7-4-11)16-19-17-18-10-14-9-12(2)5-8-15(14)21(17)20-16/h3-4,6-7,10,12H,5,8-9H2,1-2H3. The topological polar surface area (TPSA) is 43.1 Å². The van der Waals surface area contributed by atoms with E-state index in [1.807, 2.05) is 10.7 Å². The first kappa shape index (κ1) is 12.5. The minimum absolute atomic E-state index is 0.707. The maximum Gasteiger partial charge on any atom is 0.252 e. The maximum atomic E-state index is 4.69. The lowest BCUT2D eigenvalue weighted by atomic mass is 9.89. The van der Waals surface area contributed by atoms with Crippen LogP contribution in [0.3, 0.4) is 0 Å². The molecular formula is C17H18N4. The third kappa shape index (κ3) is 2.11. The predicted octanol–water partition coefficient (Wildman–Crippen LogP) is 3.22. The van der Waals surface area contributed by atoms with Crippen LogP contribution >= 0.6 is 0 Å². The summed E-state index contributed by atoms with van der Waals surface area (Å²) in [6, 6.07) is 8.31. The van der Waals surface area contributed by atoms with Crippen LogP contribution in [0.2, 0.25) is 0 Å². The van der Waals surface area contributed by atoms with E-state index < -0.39 is 0 Å². The third-order valence-electron chi connectivity index (χ3n) is 4.30. The normalized spacial score (nSPS) is 17.9. The van der Waals surface area contributed by atoms with E-state index in [9.17, 15) is 0 Å². The van der Waals surface area contributed by atoms with Gasteiger partial charge in [-0.2, -0.15) is 4.98 Å². The van der Waals surface area contributed by atoms with Gasteiger partial charge in [0.1, 0.15) is 0 Å². The number of hydrogen-bond donors (Lipinski definition) is 0. The predicted molar refractivity (Wildman–Crippen MR) is 82.1 cm³/mol. The Morgan fingerprint density at radius 1 is 1.19 bits per heavy atom. The minimum Gasteiger partial charge on any atom is -0.219 e. The monoisotopic (exact) mass is 278 g/mol. The summed E-state index contributed by atoms with van der Waals surface area (Å²) in [6.45, 7) is 4.38. The highest BCUT2D eigenvalue weighted by atomic mass is 15.3. The average molecular weight is 278 g/mol. The molecule has 1 aromatic carbocycles.